The zero-order chi connectivity index (χ0) is 14.8. The predicted molar refractivity (Wildman–Crippen MR) is 90.5 cm³/mol. The van der Waals surface area contributed by atoms with Crippen molar-refractivity contribution in [3.8, 4) is 11.8 Å². The van der Waals surface area contributed by atoms with Crippen LogP contribution in [-0.2, 0) is 0 Å². The van der Waals surface area contributed by atoms with Crippen molar-refractivity contribution >= 4 is 5.69 Å². The standard InChI is InChI=1S/C19H22N2/c1-21(19-13-6-3-7-14-19)17-9-16-20-15-8-12-18-10-4-2-5-11-18/h2-7,10-11,13-14,20H,9,15-17H2,1H3. The number of nitrogens with one attached hydrogen (secondary N) is 1. The molecule has 0 heterocycles. The van der Waals surface area contributed by atoms with Gasteiger partial charge in [0.25, 0.3) is 0 Å². The Bertz CT molecular complexity index is 567. The molecule has 0 aliphatic carbocycles. The summed E-state index contributed by atoms with van der Waals surface area (Å²) in [5.41, 5.74) is 2.34. The molecule has 1 N–H and O–H groups in total. The smallest absolute Gasteiger partial charge is 0.0580 e. The first-order valence-corrected chi connectivity index (χ1v) is 7.37. The molecule has 0 fully saturated rings. The average Bonchev–Trinajstić information content (AvgIpc) is 2.55. The van der Waals surface area contributed by atoms with Crippen molar-refractivity contribution in [2.45, 2.75) is 6.42 Å². The third-order valence-corrected chi connectivity index (χ3v) is 3.26. The van der Waals surface area contributed by atoms with Crippen molar-refractivity contribution in [2.75, 3.05) is 31.6 Å². The molecule has 0 saturated carbocycles. The summed E-state index contributed by atoms with van der Waals surface area (Å²) >= 11 is 0. The van der Waals surface area contributed by atoms with E-state index in [9.17, 15) is 0 Å². The van der Waals surface area contributed by atoms with Crippen LogP contribution in [-0.4, -0.2) is 26.7 Å². The highest BCUT2D eigenvalue weighted by molar-refractivity contribution is 5.44. The lowest BCUT2D eigenvalue weighted by Gasteiger charge is -2.18. The fourth-order valence-electron chi connectivity index (χ4n) is 2.07. The van der Waals surface area contributed by atoms with E-state index in [1.165, 1.54) is 5.69 Å². The lowest BCUT2D eigenvalue weighted by Crippen LogP contribution is -2.23. The van der Waals surface area contributed by atoms with Crippen molar-refractivity contribution in [1.82, 2.24) is 5.32 Å². The highest BCUT2D eigenvalue weighted by Crippen LogP contribution is 2.10. The highest BCUT2D eigenvalue weighted by Gasteiger charge is 1.98. The normalized spacial score (nSPS) is 9.76. The molecule has 2 nitrogen and oxygen atoms in total. The molecule has 108 valence electrons. The first-order chi connectivity index (χ1) is 10.4. The maximum atomic E-state index is 3.36. The molecule has 0 amide bonds. The fourth-order valence-corrected chi connectivity index (χ4v) is 2.07. The maximum Gasteiger partial charge on any atom is 0.0580 e. The second kappa shape index (κ2) is 8.84. The Kier molecular flexibility index (Phi) is 6.38. The summed E-state index contributed by atoms with van der Waals surface area (Å²) in [5, 5.41) is 3.36. The van der Waals surface area contributed by atoms with Crippen LogP contribution in [0.3, 0.4) is 0 Å². The SMILES string of the molecule is CN(CCCNCC#Cc1ccccc1)c1ccccc1. The van der Waals surface area contributed by atoms with Gasteiger partial charge in [-0.2, -0.15) is 0 Å². The fraction of sp³-hybridized carbons (Fsp3) is 0.263. The van der Waals surface area contributed by atoms with E-state index < -0.39 is 0 Å². The minimum atomic E-state index is 0.740. The van der Waals surface area contributed by atoms with E-state index in [2.05, 4.69) is 53.4 Å². The molecule has 0 spiro atoms. The van der Waals surface area contributed by atoms with Crippen LogP contribution in [0, 0.1) is 11.8 Å². The van der Waals surface area contributed by atoms with E-state index in [-0.39, 0.29) is 0 Å². The molecule has 0 unspecified atom stereocenters. The molecule has 2 heteroatoms. The minimum Gasteiger partial charge on any atom is -0.375 e. The van der Waals surface area contributed by atoms with E-state index in [1.54, 1.807) is 0 Å². The summed E-state index contributed by atoms with van der Waals surface area (Å²) < 4.78 is 0. The van der Waals surface area contributed by atoms with Gasteiger partial charge in [0, 0.05) is 24.8 Å². The van der Waals surface area contributed by atoms with Crippen molar-refractivity contribution < 1.29 is 0 Å². The van der Waals surface area contributed by atoms with E-state index in [1.807, 2.05) is 36.4 Å². The zero-order valence-electron chi connectivity index (χ0n) is 12.5. The van der Waals surface area contributed by atoms with Gasteiger partial charge in [-0.1, -0.05) is 48.2 Å². The molecule has 0 saturated heterocycles. The summed E-state index contributed by atoms with van der Waals surface area (Å²) in [7, 11) is 2.13. The molecular weight excluding hydrogens is 256 g/mol. The Morgan fingerprint density at radius 2 is 1.62 bits per heavy atom. The number of hydrogen-bond donors (Lipinski definition) is 1. The van der Waals surface area contributed by atoms with Crippen LogP contribution in [0.5, 0.6) is 0 Å². The second-order valence-corrected chi connectivity index (χ2v) is 4.96. The third-order valence-electron chi connectivity index (χ3n) is 3.26. The van der Waals surface area contributed by atoms with Crippen molar-refractivity contribution in [1.29, 1.82) is 0 Å². The number of nitrogens with zero attached hydrogens (tertiary/aromatic N) is 1. The van der Waals surface area contributed by atoms with Gasteiger partial charge in [0.1, 0.15) is 0 Å². The van der Waals surface area contributed by atoms with Crippen LogP contribution in [0.15, 0.2) is 60.7 Å². The lowest BCUT2D eigenvalue weighted by atomic mass is 10.2. The molecule has 2 aromatic rings. The first kappa shape index (κ1) is 15.2. The van der Waals surface area contributed by atoms with Gasteiger partial charge in [-0.3, -0.25) is 0 Å². The van der Waals surface area contributed by atoms with Gasteiger partial charge in [0.2, 0.25) is 0 Å². The van der Waals surface area contributed by atoms with Crippen LogP contribution in [0.25, 0.3) is 0 Å². The van der Waals surface area contributed by atoms with Gasteiger partial charge >= 0.3 is 0 Å². The van der Waals surface area contributed by atoms with E-state index in [0.717, 1.165) is 31.6 Å². The molecule has 2 aromatic carbocycles. The van der Waals surface area contributed by atoms with Gasteiger partial charge in [-0.05, 0) is 37.2 Å². The summed E-state index contributed by atoms with van der Waals surface area (Å²) in [6.07, 6.45) is 1.11. The zero-order valence-corrected chi connectivity index (χ0v) is 12.5. The van der Waals surface area contributed by atoms with Crippen LogP contribution < -0.4 is 10.2 Å². The Labute approximate surface area is 127 Å². The van der Waals surface area contributed by atoms with Crippen molar-refractivity contribution in [3.05, 3.63) is 66.2 Å². The Morgan fingerprint density at radius 3 is 2.33 bits per heavy atom. The van der Waals surface area contributed by atoms with E-state index in [4.69, 9.17) is 0 Å². The molecule has 0 radical (unpaired) electrons. The Morgan fingerprint density at radius 1 is 0.952 bits per heavy atom. The Hall–Kier alpha value is -2.24. The quantitative estimate of drug-likeness (QED) is 0.645. The molecule has 21 heavy (non-hydrogen) atoms. The molecular formula is C19H22N2. The maximum absolute atomic E-state index is 3.36. The molecule has 2 rings (SSSR count). The second-order valence-electron chi connectivity index (χ2n) is 4.96. The topological polar surface area (TPSA) is 15.3 Å². The lowest BCUT2D eigenvalue weighted by molar-refractivity contribution is 0.690. The van der Waals surface area contributed by atoms with E-state index in [0.29, 0.717) is 0 Å². The van der Waals surface area contributed by atoms with Gasteiger partial charge < -0.3 is 10.2 Å². The average molecular weight is 278 g/mol. The van der Waals surface area contributed by atoms with Crippen LogP contribution in [0.1, 0.15) is 12.0 Å². The largest absolute Gasteiger partial charge is 0.375 e. The molecule has 0 aliphatic heterocycles. The molecule has 0 atom stereocenters. The minimum absolute atomic E-state index is 0.740. The highest BCUT2D eigenvalue weighted by atomic mass is 15.1. The Balaban J connectivity index is 1.59. The summed E-state index contributed by atoms with van der Waals surface area (Å²) in [5.74, 6) is 6.29. The van der Waals surface area contributed by atoms with Gasteiger partial charge in [0.15, 0.2) is 0 Å². The monoisotopic (exact) mass is 278 g/mol. The number of hydrogen-bond acceptors (Lipinski definition) is 2. The summed E-state index contributed by atoms with van der Waals surface area (Å²) in [6.45, 7) is 2.77. The van der Waals surface area contributed by atoms with Crippen molar-refractivity contribution in [2.24, 2.45) is 0 Å². The van der Waals surface area contributed by atoms with Gasteiger partial charge in [0.05, 0.1) is 6.54 Å². The number of para-hydroxylation sites is 1. The summed E-state index contributed by atoms with van der Waals surface area (Å²) in [4.78, 5) is 2.28. The predicted octanol–water partition coefficient (Wildman–Crippen LogP) is 3.15. The number of benzene rings is 2. The number of rotatable bonds is 6. The van der Waals surface area contributed by atoms with Crippen LogP contribution in [0.4, 0.5) is 5.69 Å². The summed E-state index contributed by atoms with van der Waals surface area (Å²) in [6, 6.07) is 20.6. The molecule has 0 aliphatic rings. The third kappa shape index (κ3) is 5.72. The molecule has 0 bridgehead atoms. The van der Waals surface area contributed by atoms with E-state index >= 15 is 0 Å². The number of anilines is 1. The van der Waals surface area contributed by atoms with Crippen molar-refractivity contribution in [3.63, 3.8) is 0 Å². The van der Waals surface area contributed by atoms with Gasteiger partial charge in [-0.15, -0.1) is 0 Å². The van der Waals surface area contributed by atoms with Gasteiger partial charge in [-0.25, -0.2) is 0 Å². The van der Waals surface area contributed by atoms with Crippen LogP contribution in [0.2, 0.25) is 0 Å². The molecule has 0 aromatic heterocycles. The van der Waals surface area contributed by atoms with Crippen LogP contribution >= 0.6 is 0 Å². The first-order valence-electron chi connectivity index (χ1n) is 7.37.